The molecule has 27 heavy (non-hydrogen) atoms. The number of carbonyl (C=O) groups excluding carboxylic acids is 2. The molecule has 2 amide bonds. The van der Waals surface area contributed by atoms with Crippen LogP contribution in [-0.2, 0) is 9.59 Å². The molecule has 2 saturated heterocycles. The fraction of sp³-hybridized carbons (Fsp3) is 0.600. The van der Waals surface area contributed by atoms with Crippen LogP contribution in [0.2, 0.25) is 0 Å². The molecule has 0 aromatic heterocycles. The Morgan fingerprint density at radius 2 is 1.74 bits per heavy atom. The molecule has 2 atom stereocenters. The summed E-state index contributed by atoms with van der Waals surface area (Å²) >= 11 is 0. The number of likely N-dealkylation sites (tertiary alicyclic amines) is 2. The lowest BCUT2D eigenvalue weighted by Gasteiger charge is -2.37. The second kappa shape index (κ2) is 10.5. The maximum Gasteiger partial charge on any atom is 0.227 e. The van der Waals surface area contributed by atoms with Crippen molar-refractivity contribution in [3.63, 3.8) is 0 Å². The number of amides is 2. The first-order valence-corrected chi connectivity index (χ1v) is 9.63. The van der Waals surface area contributed by atoms with E-state index in [1.54, 1.807) is 0 Å². The number of rotatable bonds is 5. The molecule has 2 N–H and O–H groups in total. The van der Waals surface area contributed by atoms with Crippen LogP contribution in [0.25, 0.3) is 0 Å². The fourth-order valence-electron chi connectivity index (χ4n) is 3.80. The predicted molar refractivity (Wildman–Crippen MR) is 107 cm³/mol. The lowest BCUT2D eigenvalue weighted by atomic mass is 9.94. The van der Waals surface area contributed by atoms with Crippen molar-refractivity contribution in [2.75, 3.05) is 32.8 Å². The number of ether oxygens (including phenoxy) is 1. The Kier molecular flexibility index (Phi) is 8.38. The minimum Gasteiger partial charge on any atom is -0.493 e. The maximum atomic E-state index is 12.8. The van der Waals surface area contributed by atoms with Gasteiger partial charge in [-0.15, -0.1) is 12.4 Å². The molecule has 0 radical (unpaired) electrons. The molecule has 0 aliphatic carbocycles. The van der Waals surface area contributed by atoms with E-state index in [2.05, 4.69) is 0 Å². The first-order valence-electron chi connectivity index (χ1n) is 9.63. The number of carbonyl (C=O) groups is 2. The van der Waals surface area contributed by atoms with Crippen molar-refractivity contribution in [1.82, 2.24) is 9.80 Å². The second-order valence-electron chi connectivity index (χ2n) is 7.28. The Morgan fingerprint density at radius 1 is 1.04 bits per heavy atom. The van der Waals surface area contributed by atoms with Gasteiger partial charge in [0.1, 0.15) is 5.75 Å². The number of halogens is 1. The molecular formula is C20H30ClN3O3. The minimum atomic E-state index is -0.0898. The lowest BCUT2D eigenvalue weighted by Crippen LogP contribution is -2.51. The third-order valence-corrected chi connectivity index (χ3v) is 5.22. The molecule has 7 heteroatoms. The Labute approximate surface area is 167 Å². The van der Waals surface area contributed by atoms with E-state index in [0.717, 1.165) is 44.5 Å². The SMILES string of the molecule is Cl.NC1CCCN(C(=O)C2CCCN(C(=O)CCOc3ccccc3)C2)C1. The van der Waals surface area contributed by atoms with E-state index in [0.29, 0.717) is 26.1 Å². The van der Waals surface area contributed by atoms with Gasteiger partial charge in [-0.3, -0.25) is 9.59 Å². The highest BCUT2D eigenvalue weighted by Gasteiger charge is 2.32. The molecular weight excluding hydrogens is 366 g/mol. The van der Waals surface area contributed by atoms with Crippen molar-refractivity contribution < 1.29 is 14.3 Å². The van der Waals surface area contributed by atoms with Gasteiger partial charge in [0.25, 0.3) is 0 Å². The monoisotopic (exact) mass is 395 g/mol. The van der Waals surface area contributed by atoms with Gasteiger partial charge in [0.15, 0.2) is 0 Å². The van der Waals surface area contributed by atoms with Crippen LogP contribution in [0.1, 0.15) is 32.1 Å². The van der Waals surface area contributed by atoms with E-state index < -0.39 is 0 Å². The molecule has 3 rings (SSSR count). The van der Waals surface area contributed by atoms with Gasteiger partial charge in [-0.25, -0.2) is 0 Å². The van der Waals surface area contributed by atoms with Crippen molar-refractivity contribution in [2.24, 2.45) is 11.7 Å². The fourth-order valence-corrected chi connectivity index (χ4v) is 3.80. The van der Waals surface area contributed by atoms with Crippen molar-refractivity contribution >= 4 is 24.2 Å². The second-order valence-corrected chi connectivity index (χ2v) is 7.28. The normalized spacial score (nSPS) is 22.7. The third kappa shape index (κ3) is 6.11. The summed E-state index contributed by atoms with van der Waals surface area (Å²) < 4.78 is 5.61. The van der Waals surface area contributed by atoms with E-state index in [9.17, 15) is 9.59 Å². The molecule has 0 spiro atoms. The van der Waals surface area contributed by atoms with E-state index in [-0.39, 0.29) is 36.2 Å². The van der Waals surface area contributed by atoms with Crippen LogP contribution < -0.4 is 10.5 Å². The van der Waals surface area contributed by atoms with Gasteiger partial charge in [-0.05, 0) is 37.8 Å². The van der Waals surface area contributed by atoms with Crippen molar-refractivity contribution in [1.29, 1.82) is 0 Å². The quantitative estimate of drug-likeness (QED) is 0.828. The highest BCUT2D eigenvalue weighted by atomic mass is 35.5. The van der Waals surface area contributed by atoms with Gasteiger partial charge in [0.2, 0.25) is 11.8 Å². The molecule has 2 fully saturated rings. The Bertz CT molecular complexity index is 614. The molecule has 2 heterocycles. The Morgan fingerprint density at radius 3 is 2.48 bits per heavy atom. The highest BCUT2D eigenvalue weighted by molar-refractivity contribution is 5.85. The average Bonchev–Trinajstić information content (AvgIpc) is 2.68. The van der Waals surface area contributed by atoms with Gasteiger partial charge in [-0.1, -0.05) is 18.2 Å². The van der Waals surface area contributed by atoms with Crippen LogP contribution >= 0.6 is 12.4 Å². The number of nitrogens with zero attached hydrogens (tertiary/aromatic N) is 2. The van der Waals surface area contributed by atoms with Crippen LogP contribution in [0, 0.1) is 5.92 Å². The summed E-state index contributed by atoms with van der Waals surface area (Å²) in [6, 6.07) is 9.59. The largest absolute Gasteiger partial charge is 0.493 e. The summed E-state index contributed by atoms with van der Waals surface area (Å²) in [5.74, 6) is 0.911. The zero-order chi connectivity index (χ0) is 18.4. The molecule has 2 unspecified atom stereocenters. The summed E-state index contributed by atoms with van der Waals surface area (Å²) in [6.07, 6.45) is 4.03. The number of nitrogens with two attached hydrogens (primary N) is 1. The zero-order valence-electron chi connectivity index (χ0n) is 15.7. The predicted octanol–water partition coefficient (Wildman–Crippen LogP) is 2.07. The molecule has 2 aliphatic heterocycles. The smallest absolute Gasteiger partial charge is 0.227 e. The summed E-state index contributed by atoms with van der Waals surface area (Å²) in [5.41, 5.74) is 6.00. The van der Waals surface area contributed by atoms with Gasteiger partial charge in [0.05, 0.1) is 18.9 Å². The first kappa shape index (κ1) is 21.5. The summed E-state index contributed by atoms with van der Waals surface area (Å²) in [7, 11) is 0. The molecule has 1 aromatic carbocycles. The van der Waals surface area contributed by atoms with Gasteiger partial charge < -0.3 is 20.3 Å². The van der Waals surface area contributed by atoms with E-state index >= 15 is 0 Å². The lowest BCUT2D eigenvalue weighted by molar-refractivity contribution is -0.142. The highest BCUT2D eigenvalue weighted by Crippen LogP contribution is 2.21. The van der Waals surface area contributed by atoms with Crippen LogP contribution in [0.3, 0.4) is 0 Å². The summed E-state index contributed by atoms with van der Waals surface area (Å²) in [4.78, 5) is 29.0. The van der Waals surface area contributed by atoms with Crippen LogP contribution in [-0.4, -0.2) is 60.4 Å². The van der Waals surface area contributed by atoms with E-state index in [1.165, 1.54) is 0 Å². The van der Waals surface area contributed by atoms with Crippen molar-refractivity contribution in [3.8, 4) is 5.75 Å². The van der Waals surface area contributed by atoms with Crippen LogP contribution in [0.4, 0.5) is 0 Å². The van der Waals surface area contributed by atoms with Crippen LogP contribution in [0.15, 0.2) is 30.3 Å². The number of piperidine rings is 2. The van der Waals surface area contributed by atoms with Crippen LogP contribution in [0.5, 0.6) is 5.75 Å². The Hall–Kier alpha value is -1.79. The van der Waals surface area contributed by atoms with Gasteiger partial charge in [0, 0.05) is 32.2 Å². The molecule has 150 valence electrons. The Balaban J connectivity index is 0.00000261. The maximum absolute atomic E-state index is 12.8. The van der Waals surface area contributed by atoms with E-state index in [4.69, 9.17) is 10.5 Å². The molecule has 0 saturated carbocycles. The molecule has 6 nitrogen and oxygen atoms in total. The topological polar surface area (TPSA) is 75.9 Å². The number of hydrogen-bond donors (Lipinski definition) is 1. The number of para-hydroxylation sites is 1. The first-order chi connectivity index (χ1) is 12.6. The van der Waals surface area contributed by atoms with Crippen molar-refractivity contribution in [2.45, 2.75) is 38.1 Å². The number of hydrogen-bond acceptors (Lipinski definition) is 4. The molecule has 0 bridgehead atoms. The minimum absolute atomic E-state index is 0. The standard InChI is InChI=1S/C20H29N3O3.ClH/c21-17-7-5-12-23(15-17)20(25)16-6-4-11-22(14-16)19(24)10-13-26-18-8-2-1-3-9-18;/h1-3,8-9,16-17H,4-7,10-15,21H2;1H. The summed E-state index contributed by atoms with van der Waals surface area (Å²) in [6.45, 7) is 3.05. The van der Waals surface area contributed by atoms with Gasteiger partial charge in [-0.2, -0.15) is 0 Å². The molecule has 2 aliphatic rings. The summed E-state index contributed by atoms with van der Waals surface area (Å²) in [5, 5.41) is 0. The van der Waals surface area contributed by atoms with Crippen molar-refractivity contribution in [3.05, 3.63) is 30.3 Å². The average molecular weight is 396 g/mol. The molecule has 1 aromatic rings. The van der Waals surface area contributed by atoms with E-state index in [1.807, 2.05) is 40.1 Å². The number of benzene rings is 1. The van der Waals surface area contributed by atoms with Gasteiger partial charge >= 0.3 is 0 Å². The third-order valence-electron chi connectivity index (χ3n) is 5.22. The zero-order valence-corrected chi connectivity index (χ0v) is 16.5.